The second-order valence-corrected chi connectivity index (χ2v) is 8.40. The summed E-state index contributed by atoms with van der Waals surface area (Å²) < 4.78 is 0. The molecule has 0 aromatic heterocycles. The Hall–Kier alpha value is -2.46. The molecule has 0 heterocycles. The van der Waals surface area contributed by atoms with Gasteiger partial charge in [0.05, 0.1) is 12.6 Å². The summed E-state index contributed by atoms with van der Waals surface area (Å²) in [4.78, 5) is 2.34. The molecule has 0 aliphatic rings. The first-order chi connectivity index (χ1) is 15.1. The van der Waals surface area contributed by atoms with Crippen molar-refractivity contribution in [3.05, 3.63) is 121 Å². The fourth-order valence-corrected chi connectivity index (χ4v) is 3.61. The van der Waals surface area contributed by atoms with Crippen LogP contribution in [0.5, 0.6) is 0 Å². The first-order valence-electron chi connectivity index (χ1n) is 11.1. The Morgan fingerprint density at radius 2 is 1.26 bits per heavy atom. The molecule has 0 amide bonds. The second-order valence-electron chi connectivity index (χ2n) is 8.40. The van der Waals surface area contributed by atoms with E-state index >= 15 is 0 Å². The number of aliphatic hydroxyl groups is 1. The van der Waals surface area contributed by atoms with Crippen LogP contribution in [0.2, 0.25) is 0 Å². The Kier molecular flexibility index (Phi) is 9.29. The van der Waals surface area contributed by atoms with Crippen molar-refractivity contribution in [3.8, 4) is 0 Å². The van der Waals surface area contributed by atoms with Gasteiger partial charge in [-0.25, -0.2) is 0 Å². The summed E-state index contributed by atoms with van der Waals surface area (Å²) in [5.74, 6) is 0.518. The molecule has 0 unspecified atom stereocenters. The summed E-state index contributed by atoms with van der Waals surface area (Å²) in [6, 6.07) is 31.0. The lowest BCUT2D eigenvalue weighted by atomic mass is 9.97. The number of benzene rings is 3. The van der Waals surface area contributed by atoms with Gasteiger partial charge in [0, 0.05) is 25.6 Å². The van der Waals surface area contributed by atoms with E-state index < -0.39 is 6.10 Å². The largest absolute Gasteiger partial charge is 0.390 e. The summed E-state index contributed by atoms with van der Waals surface area (Å²) in [5, 5.41) is 14.5. The normalized spacial score (nSPS) is 13.5. The molecule has 3 heteroatoms. The number of hydrogen-bond donors (Lipinski definition) is 2. The molecular formula is C28H34N2O. The summed E-state index contributed by atoms with van der Waals surface area (Å²) >= 11 is 0. The summed E-state index contributed by atoms with van der Waals surface area (Å²) in [6.07, 6.45) is 1.52. The zero-order valence-corrected chi connectivity index (χ0v) is 18.6. The van der Waals surface area contributed by atoms with Gasteiger partial charge in [0.2, 0.25) is 0 Å². The Bertz CT molecular complexity index is 810. The molecule has 2 N–H and O–H groups in total. The fraction of sp³-hybridized carbons (Fsp3) is 0.286. The van der Waals surface area contributed by atoms with E-state index in [1.54, 1.807) is 0 Å². The number of hydrogen-bond acceptors (Lipinski definition) is 3. The topological polar surface area (TPSA) is 35.5 Å². The zero-order chi connectivity index (χ0) is 21.9. The molecule has 2 atom stereocenters. The van der Waals surface area contributed by atoms with Gasteiger partial charge in [0.25, 0.3) is 0 Å². The molecule has 0 bridgehead atoms. The molecule has 2 radical (unpaired) electrons. The molecule has 3 rings (SSSR count). The third kappa shape index (κ3) is 7.95. The number of rotatable bonds is 12. The van der Waals surface area contributed by atoms with Gasteiger partial charge < -0.3 is 10.4 Å². The van der Waals surface area contributed by atoms with Crippen LogP contribution in [0, 0.1) is 18.9 Å². The van der Waals surface area contributed by atoms with E-state index in [4.69, 9.17) is 0 Å². The van der Waals surface area contributed by atoms with Gasteiger partial charge in [0.15, 0.2) is 0 Å². The lowest BCUT2D eigenvalue weighted by Crippen LogP contribution is -2.45. The van der Waals surface area contributed by atoms with E-state index in [0.717, 1.165) is 25.2 Å². The number of nitrogens with zero attached hydrogens (tertiary/aromatic N) is 1. The van der Waals surface area contributed by atoms with Crippen molar-refractivity contribution in [3.63, 3.8) is 0 Å². The first-order valence-corrected chi connectivity index (χ1v) is 11.1. The van der Waals surface area contributed by atoms with Crippen LogP contribution >= 0.6 is 0 Å². The van der Waals surface area contributed by atoms with Crippen LogP contribution in [-0.2, 0) is 13.1 Å². The van der Waals surface area contributed by atoms with Crippen molar-refractivity contribution >= 4 is 0 Å². The molecule has 162 valence electrons. The van der Waals surface area contributed by atoms with Crippen LogP contribution in [0.4, 0.5) is 0 Å². The maximum atomic E-state index is 11.2. The van der Waals surface area contributed by atoms with Crippen LogP contribution < -0.4 is 5.32 Å². The van der Waals surface area contributed by atoms with E-state index in [-0.39, 0.29) is 6.04 Å². The van der Waals surface area contributed by atoms with Gasteiger partial charge in [-0.1, -0.05) is 105 Å². The smallest absolute Gasteiger partial charge is 0.0870 e. The van der Waals surface area contributed by atoms with E-state index in [1.165, 1.54) is 11.1 Å². The number of aliphatic hydroxyl groups excluding tert-OH is 1. The predicted octanol–water partition coefficient (Wildman–Crippen LogP) is 5.08. The van der Waals surface area contributed by atoms with Gasteiger partial charge >= 0.3 is 0 Å². The highest BCUT2D eigenvalue weighted by Crippen LogP contribution is 2.21. The zero-order valence-electron chi connectivity index (χ0n) is 18.6. The second kappa shape index (κ2) is 12.4. The molecule has 0 saturated heterocycles. The summed E-state index contributed by atoms with van der Waals surface area (Å²) in [6.45, 7) is 8.51. The Morgan fingerprint density at radius 3 is 1.74 bits per heavy atom. The Morgan fingerprint density at radius 1 is 0.774 bits per heavy atom. The van der Waals surface area contributed by atoms with Gasteiger partial charge in [-0.15, -0.1) is 0 Å². The molecule has 31 heavy (non-hydrogen) atoms. The first kappa shape index (κ1) is 23.2. The predicted molar refractivity (Wildman–Crippen MR) is 129 cm³/mol. The lowest BCUT2D eigenvalue weighted by Gasteiger charge is -2.35. The van der Waals surface area contributed by atoms with E-state index in [0.29, 0.717) is 5.92 Å². The lowest BCUT2D eigenvalue weighted by molar-refractivity contribution is 0.0730. The van der Waals surface area contributed by atoms with Crippen molar-refractivity contribution in [2.24, 2.45) is 5.92 Å². The summed E-state index contributed by atoms with van der Waals surface area (Å²) in [7, 11) is 0. The minimum Gasteiger partial charge on any atom is -0.390 e. The standard InChI is InChI=1S/C28H34N2O/c1-23(2)19-29-20-28(31)27(18-24-12-6-3-7-13-24)30(21-25-14-8-4-9-15-25)22-26-16-10-5-11-17-26/h3-18,20,23,27-29,31H,19,21-22H2,1-2H3/t27-,28+/m0/s1. The van der Waals surface area contributed by atoms with Crippen LogP contribution in [0.25, 0.3) is 0 Å². The SMILES string of the molecule is CC(C)CN[CH][C@@H](O)[C@H]([CH]c1ccccc1)N(Cc1ccccc1)Cc1ccccc1. The molecule has 3 aromatic rings. The van der Waals surface area contributed by atoms with Crippen molar-refractivity contribution in [1.29, 1.82) is 0 Å². The molecule has 0 aliphatic heterocycles. The van der Waals surface area contributed by atoms with Crippen LogP contribution in [0.3, 0.4) is 0 Å². The molecular weight excluding hydrogens is 380 g/mol. The Labute approximate surface area is 187 Å². The highest BCUT2D eigenvalue weighted by atomic mass is 16.3. The van der Waals surface area contributed by atoms with Crippen molar-refractivity contribution in [2.75, 3.05) is 6.54 Å². The maximum absolute atomic E-state index is 11.2. The van der Waals surface area contributed by atoms with Crippen LogP contribution in [0.1, 0.15) is 30.5 Å². The minimum atomic E-state index is -0.647. The average molecular weight is 415 g/mol. The third-order valence-electron chi connectivity index (χ3n) is 5.21. The van der Waals surface area contributed by atoms with Crippen LogP contribution in [0.15, 0.2) is 91.0 Å². The van der Waals surface area contributed by atoms with Crippen molar-refractivity contribution in [2.45, 2.75) is 39.1 Å². The molecule has 0 fully saturated rings. The number of nitrogens with one attached hydrogen (secondary N) is 1. The fourth-order valence-electron chi connectivity index (χ4n) is 3.61. The van der Waals surface area contributed by atoms with Crippen LogP contribution in [-0.4, -0.2) is 28.7 Å². The van der Waals surface area contributed by atoms with Crippen molar-refractivity contribution < 1.29 is 5.11 Å². The van der Waals surface area contributed by atoms with Crippen molar-refractivity contribution in [1.82, 2.24) is 10.2 Å². The van der Waals surface area contributed by atoms with Gasteiger partial charge in [-0.3, -0.25) is 4.90 Å². The average Bonchev–Trinajstić information content (AvgIpc) is 2.79. The van der Waals surface area contributed by atoms with E-state index in [2.05, 4.69) is 91.1 Å². The highest BCUT2D eigenvalue weighted by Gasteiger charge is 2.27. The molecule has 3 nitrogen and oxygen atoms in total. The Balaban J connectivity index is 1.85. The monoisotopic (exact) mass is 414 g/mol. The minimum absolute atomic E-state index is 0.178. The molecule has 0 saturated carbocycles. The van der Waals surface area contributed by atoms with E-state index in [9.17, 15) is 5.11 Å². The maximum Gasteiger partial charge on any atom is 0.0870 e. The van der Waals surface area contributed by atoms with Gasteiger partial charge in [-0.2, -0.15) is 0 Å². The van der Waals surface area contributed by atoms with E-state index in [1.807, 2.05) is 36.9 Å². The third-order valence-corrected chi connectivity index (χ3v) is 5.21. The summed E-state index contributed by atoms with van der Waals surface area (Å²) in [5.41, 5.74) is 3.56. The quantitative estimate of drug-likeness (QED) is 0.434. The van der Waals surface area contributed by atoms with Gasteiger partial charge in [-0.05, 0) is 29.2 Å². The molecule has 0 spiro atoms. The molecule has 3 aromatic carbocycles. The van der Waals surface area contributed by atoms with Gasteiger partial charge in [0.1, 0.15) is 0 Å². The highest BCUT2D eigenvalue weighted by molar-refractivity contribution is 5.27. The molecule has 0 aliphatic carbocycles.